The molecular formula is C18H24N4O2. The first-order chi connectivity index (χ1) is 11.6. The molecule has 1 saturated heterocycles. The lowest BCUT2D eigenvalue weighted by Crippen LogP contribution is -2.34. The lowest BCUT2D eigenvalue weighted by atomic mass is 9.95. The highest BCUT2D eigenvalue weighted by Gasteiger charge is 2.18. The molecule has 1 aliphatic heterocycles. The highest BCUT2D eigenvalue weighted by atomic mass is 16.3. The van der Waals surface area contributed by atoms with Crippen LogP contribution in [-0.2, 0) is 0 Å². The van der Waals surface area contributed by atoms with Gasteiger partial charge in [0.15, 0.2) is 0 Å². The second-order valence-corrected chi connectivity index (χ2v) is 6.50. The van der Waals surface area contributed by atoms with Crippen LogP contribution in [0.4, 0.5) is 0 Å². The number of para-hydroxylation sites is 1. The van der Waals surface area contributed by atoms with Gasteiger partial charge < -0.3 is 15.3 Å². The maximum absolute atomic E-state index is 12.2. The van der Waals surface area contributed by atoms with Crippen LogP contribution in [0.25, 0.3) is 11.3 Å². The lowest BCUT2D eigenvalue weighted by Gasteiger charge is -2.29. The van der Waals surface area contributed by atoms with Gasteiger partial charge in [0.2, 0.25) is 0 Å². The minimum absolute atomic E-state index is 0.150. The van der Waals surface area contributed by atoms with Crippen LogP contribution in [-0.4, -0.2) is 52.8 Å². The third-order valence-corrected chi connectivity index (χ3v) is 4.56. The summed E-state index contributed by atoms with van der Waals surface area (Å²) in [5.74, 6) is 0.647. The number of nitrogens with one attached hydrogen (secondary N) is 2. The van der Waals surface area contributed by atoms with Gasteiger partial charge in [-0.3, -0.25) is 9.89 Å². The number of hydrogen-bond donors (Lipinski definition) is 3. The van der Waals surface area contributed by atoms with E-state index in [0.29, 0.717) is 29.4 Å². The predicted molar refractivity (Wildman–Crippen MR) is 92.9 cm³/mol. The second kappa shape index (κ2) is 7.49. The Balaban J connectivity index is 1.53. The number of H-pyrrole nitrogens is 1. The molecule has 1 aromatic heterocycles. The maximum Gasteiger partial charge on any atom is 0.269 e. The molecule has 0 bridgehead atoms. The average molecular weight is 328 g/mol. The highest BCUT2D eigenvalue weighted by Crippen LogP contribution is 2.27. The molecule has 0 aliphatic carbocycles. The summed E-state index contributed by atoms with van der Waals surface area (Å²) in [7, 11) is 2.15. The van der Waals surface area contributed by atoms with Crippen molar-refractivity contribution in [3.63, 3.8) is 0 Å². The van der Waals surface area contributed by atoms with Crippen LogP contribution in [0.2, 0.25) is 0 Å². The molecule has 2 aromatic rings. The second-order valence-electron chi connectivity index (χ2n) is 6.50. The van der Waals surface area contributed by atoms with Gasteiger partial charge in [-0.15, -0.1) is 0 Å². The topological polar surface area (TPSA) is 81.2 Å². The fourth-order valence-electron chi connectivity index (χ4n) is 3.26. The van der Waals surface area contributed by atoms with E-state index in [9.17, 15) is 9.90 Å². The van der Waals surface area contributed by atoms with Crippen molar-refractivity contribution >= 4 is 5.91 Å². The third-order valence-electron chi connectivity index (χ3n) is 4.56. The summed E-state index contributed by atoms with van der Waals surface area (Å²) in [6.45, 7) is 2.95. The molecule has 0 radical (unpaired) electrons. The van der Waals surface area contributed by atoms with Crippen LogP contribution < -0.4 is 5.32 Å². The van der Waals surface area contributed by atoms with Crippen LogP contribution in [0.5, 0.6) is 5.75 Å². The van der Waals surface area contributed by atoms with Crippen molar-refractivity contribution in [1.82, 2.24) is 20.4 Å². The Kier molecular flexibility index (Phi) is 5.15. The van der Waals surface area contributed by atoms with Crippen molar-refractivity contribution in [1.29, 1.82) is 0 Å². The molecule has 6 heteroatoms. The number of phenolic OH excluding ortho intramolecular Hbond substituents is 1. The van der Waals surface area contributed by atoms with E-state index in [1.807, 2.05) is 6.07 Å². The van der Waals surface area contributed by atoms with Crippen molar-refractivity contribution in [2.24, 2.45) is 5.92 Å². The van der Waals surface area contributed by atoms with Crippen LogP contribution in [0.15, 0.2) is 30.3 Å². The zero-order valence-electron chi connectivity index (χ0n) is 14.0. The molecule has 1 aromatic carbocycles. The summed E-state index contributed by atoms with van der Waals surface area (Å²) >= 11 is 0. The van der Waals surface area contributed by atoms with Crippen LogP contribution in [0.1, 0.15) is 29.8 Å². The number of phenols is 1. The van der Waals surface area contributed by atoms with Crippen molar-refractivity contribution < 1.29 is 9.90 Å². The monoisotopic (exact) mass is 328 g/mol. The number of hydrogen-bond acceptors (Lipinski definition) is 4. The number of aromatic hydroxyl groups is 1. The zero-order chi connectivity index (χ0) is 16.9. The third kappa shape index (κ3) is 3.94. The molecule has 6 nitrogen and oxygen atoms in total. The normalized spacial score (nSPS) is 18.5. The Morgan fingerprint density at radius 2 is 2.29 bits per heavy atom. The first-order valence-electron chi connectivity index (χ1n) is 8.44. The van der Waals surface area contributed by atoms with Gasteiger partial charge in [0.1, 0.15) is 11.4 Å². The van der Waals surface area contributed by atoms with Crippen LogP contribution in [0.3, 0.4) is 0 Å². The van der Waals surface area contributed by atoms with Crippen LogP contribution >= 0.6 is 0 Å². The standard InChI is InChI=1S/C18H24N4O2/c1-22-10-4-5-13(12-22)8-9-19-18(24)16-11-15(20-21-16)14-6-2-3-7-17(14)23/h2-3,6-7,11,13,23H,4-5,8-10,12H2,1H3,(H,19,24)(H,20,21). The Morgan fingerprint density at radius 1 is 1.46 bits per heavy atom. The number of benzene rings is 1. The van der Waals surface area contributed by atoms with Gasteiger partial charge >= 0.3 is 0 Å². The fraction of sp³-hybridized carbons (Fsp3) is 0.444. The number of carbonyl (C=O) groups excluding carboxylic acids is 1. The molecule has 0 saturated carbocycles. The molecule has 3 rings (SSSR count). The molecule has 1 unspecified atom stereocenters. The molecule has 2 heterocycles. The first kappa shape index (κ1) is 16.5. The summed E-state index contributed by atoms with van der Waals surface area (Å²) in [6, 6.07) is 8.61. The number of aromatic amines is 1. The van der Waals surface area contributed by atoms with Crippen molar-refractivity contribution in [2.45, 2.75) is 19.3 Å². The van der Waals surface area contributed by atoms with E-state index in [4.69, 9.17) is 0 Å². The molecule has 0 spiro atoms. The summed E-state index contributed by atoms with van der Waals surface area (Å²) in [6.07, 6.45) is 3.47. The first-order valence-corrected chi connectivity index (χ1v) is 8.44. The molecule has 128 valence electrons. The van der Waals surface area contributed by atoms with Crippen molar-refractivity contribution in [3.8, 4) is 17.0 Å². The number of likely N-dealkylation sites (tertiary alicyclic amines) is 1. The van der Waals surface area contributed by atoms with E-state index in [-0.39, 0.29) is 11.7 Å². The van der Waals surface area contributed by atoms with E-state index in [1.54, 1.807) is 24.3 Å². The Labute approximate surface area is 141 Å². The highest BCUT2D eigenvalue weighted by molar-refractivity contribution is 5.93. The minimum Gasteiger partial charge on any atom is -0.507 e. The van der Waals surface area contributed by atoms with E-state index in [0.717, 1.165) is 13.0 Å². The van der Waals surface area contributed by atoms with E-state index in [2.05, 4.69) is 27.5 Å². The van der Waals surface area contributed by atoms with Gasteiger partial charge in [-0.2, -0.15) is 5.10 Å². The number of nitrogens with zero attached hydrogens (tertiary/aromatic N) is 2. The number of aromatic nitrogens is 2. The molecule has 3 N–H and O–H groups in total. The average Bonchev–Trinajstić information content (AvgIpc) is 3.05. The molecule has 1 amide bonds. The Bertz CT molecular complexity index is 698. The molecule has 1 fully saturated rings. The summed E-state index contributed by atoms with van der Waals surface area (Å²) in [5.41, 5.74) is 1.58. The van der Waals surface area contributed by atoms with Gasteiger partial charge in [-0.25, -0.2) is 0 Å². The Hall–Kier alpha value is -2.34. The number of rotatable bonds is 5. The predicted octanol–water partition coefficient (Wildman–Crippen LogP) is 2.24. The van der Waals surface area contributed by atoms with Crippen LogP contribution in [0, 0.1) is 5.92 Å². The van der Waals surface area contributed by atoms with E-state index < -0.39 is 0 Å². The van der Waals surface area contributed by atoms with Gasteiger partial charge in [-0.1, -0.05) is 12.1 Å². The number of amides is 1. The van der Waals surface area contributed by atoms with E-state index in [1.165, 1.54) is 19.4 Å². The summed E-state index contributed by atoms with van der Waals surface area (Å²) in [4.78, 5) is 14.6. The SMILES string of the molecule is CN1CCCC(CCNC(=O)c2cc(-c3ccccc3O)n[nH]2)C1. The Morgan fingerprint density at radius 3 is 3.08 bits per heavy atom. The summed E-state index contributed by atoms with van der Waals surface area (Å²) in [5, 5.41) is 19.7. The van der Waals surface area contributed by atoms with E-state index >= 15 is 0 Å². The molecule has 1 aliphatic rings. The van der Waals surface area contributed by atoms with Crippen molar-refractivity contribution in [3.05, 3.63) is 36.0 Å². The molecule has 24 heavy (non-hydrogen) atoms. The van der Waals surface area contributed by atoms with Gasteiger partial charge in [0.25, 0.3) is 5.91 Å². The van der Waals surface area contributed by atoms with Crippen molar-refractivity contribution in [2.75, 3.05) is 26.7 Å². The van der Waals surface area contributed by atoms with Gasteiger partial charge in [0, 0.05) is 18.7 Å². The maximum atomic E-state index is 12.2. The largest absolute Gasteiger partial charge is 0.507 e. The quantitative estimate of drug-likeness (QED) is 0.786. The molecule has 1 atom stereocenters. The lowest BCUT2D eigenvalue weighted by molar-refractivity contribution is 0.0943. The zero-order valence-corrected chi connectivity index (χ0v) is 14.0. The smallest absolute Gasteiger partial charge is 0.269 e. The minimum atomic E-state index is -0.159. The number of piperidine rings is 1. The van der Waals surface area contributed by atoms with Gasteiger partial charge in [-0.05, 0) is 57.0 Å². The molecular weight excluding hydrogens is 304 g/mol. The van der Waals surface area contributed by atoms with Gasteiger partial charge in [0.05, 0.1) is 5.69 Å². The summed E-state index contributed by atoms with van der Waals surface area (Å²) < 4.78 is 0. The fourth-order valence-corrected chi connectivity index (χ4v) is 3.26. The number of carbonyl (C=O) groups is 1.